The van der Waals surface area contributed by atoms with Gasteiger partial charge in [0.1, 0.15) is 12.1 Å². The average molecular weight is 301 g/mol. The molecule has 0 saturated carbocycles. The van der Waals surface area contributed by atoms with Crippen molar-refractivity contribution in [3.8, 4) is 6.07 Å². The van der Waals surface area contributed by atoms with Gasteiger partial charge in [0.2, 0.25) is 11.8 Å². The van der Waals surface area contributed by atoms with E-state index in [0.717, 1.165) is 0 Å². The van der Waals surface area contributed by atoms with E-state index in [-0.39, 0.29) is 25.1 Å². The van der Waals surface area contributed by atoms with Crippen LogP contribution >= 0.6 is 19.6 Å². The van der Waals surface area contributed by atoms with Crippen LogP contribution in [0.2, 0.25) is 0 Å². The molecule has 0 aliphatic carbocycles. The van der Waals surface area contributed by atoms with E-state index in [1.165, 1.54) is 0 Å². The second-order valence-corrected chi connectivity index (χ2v) is 5.88. The minimum absolute atomic E-state index is 0.00916. The molecule has 0 fully saturated rings. The molecule has 0 N–H and O–H groups in total. The summed E-state index contributed by atoms with van der Waals surface area (Å²) in [5.41, 5.74) is 0. The van der Waals surface area contributed by atoms with Crippen molar-refractivity contribution in [3.63, 3.8) is 0 Å². The highest BCUT2D eigenvalue weighted by atomic mass is 35.5. The summed E-state index contributed by atoms with van der Waals surface area (Å²) < 4.78 is 19.8. The molecule has 0 aromatic rings. The summed E-state index contributed by atoms with van der Waals surface area (Å²) in [6.07, 6.45) is 0.00916. The maximum absolute atomic E-state index is 11.5. The number of hydroxylamine groups is 2. The third kappa shape index (κ3) is 5.63. The highest BCUT2D eigenvalue weighted by Crippen LogP contribution is 2.45. The van der Waals surface area contributed by atoms with Crippen molar-refractivity contribution < 1.29 is 27.8 Å². The summed E-state index contributed by atoms with van der Waals surface area (Å²) in [6, 6.07) is 1.15. The first-order valence-electron chi connectivity index (χ1n) is 5.44. The Bertz CT molecular complexity index is 336. The van der Waals surface area contributed by atoms with E-state index in [1.807, 2.05) is 0 Å². The molecule has 0 aromatic heterocycles. The first-order chi connectivity index (χ1) is 8.15. The Morgan fingerprint density at radius 2 is 1.89 bits per heavy atom. The molecule has 0 aliphatic heterocycles. The molecule has 106 valence electrons. The Kier molecular flexibility index (Phi) is 7.33. The van der Waals surface area contributed by atoms with Gasteiger partial charge in [0.25, 0.3) is 0 Å². The Labute approximate surface area is 112 Å². The zero-order valence-corrected chi connectivity index (χ0v) is 12.5. The van der Waals surface area contributed by atoms with E-state index in [2.05, 4.69) is 9.56 Å². The van der Waals surface area contributed by atoms with Gasteiger partial charge in [-0.05, 0) is 27.7 Å². The van der Waals surface area contributed by atoms with E-state index in [4.69, 9.17) is 21.7 Å². The quantitative estimate of drug-likeness (QED) is 0.224. The predicted molar refractivity (Wildman–Crippen MR) is 62.3 cm³/mol. The van der Waals surface area contributed by atoms with E-state index in [9.17, 15) is 9.46 Å². The zero-order valence-electron chi connectivity index (χ0n) is 10.8. The maximum atomic E-state index is 11.5. The normalized spacial score (nSPS) is 15.7. The monoisotopic (exact) mass is 300 g/mol. The van der Waals surface area contributed by atoms with Gasteiger partial charge in [-0.15, -0.1) is 4.62 Å². The molecule has 1 unspecified atom stereocenters. The molecule has 7 nitrogen and oxygen atoms in total. The van der Waals surface area contributed by atoms with Crippen molar-refractivity contribution in [1.82, 2.24) is 0 Å². The van der Waals surface area contributed by atoms with E-state index in [1.54, 1.807) is 33.8 Å². The first kappa shape index (κ1) is 17.8. The van der Waals surface area contributed by atoms with Crippen molar-refractivity contribution in [2.24, 2.45) is 0 Å². The summed E-state index contributed by atoms with van der Waals surface area (Å²) in [7, 11) is -4.70. The van der Waals surface area contributed by atoms with Gasteiger partial charge in [0.05, 0.1) is 19.1 Å². The molecule has 9 heteroatoms. The Balaban J connectivity index is 4.54. The van der Waals surface area contributed by atoms with Gasteiger partial charge in [-0.3, -0.25) is 4.57 Å². The molecule has 0 amide bonds. The fourth-order valence-electron chi connectivity index (χ4n) is 1.14. The third-order valence-electron chi connectivity index (χ3n) is 2.07. The first-order valence-corrected chi connectivity index (χ1v) is 7.24. The molecule has 0 bridgehead atoms. The molecule has 0 aromatic carbocycles. The average Bonchev–Trinajstić information content (AvgIpc) is 2.23. The molecule has 0 radical (unpaired) electrons. The van der Waals surface area contributed by atoms with Gasteiger partial charge in [-0.25, -0.2) is 4.89 Å². The van der Waals surface area contributed by atoms with Crippen LogP contribution in [0.1, 0.15) is 34.1 Å². The van der Waals surface area contributed by atoms with Gasteiger partial charge in [0, 0.05) is 0 Å². The number of nitrogens with zero attached hydrogens (tertiary/aromatic N) is 2. The van der Waals surface area contributed by atoms with Crippen LogP contribution in [0.3, 0.4) is 0 Å². The Morgan fingerprint density at radius 3 is 2.28 bits per heavy atom. The standard InChI is InChI=1S/C9H18ClN2O5P/c1-8(2)12(10,9(3)4)16-18(13,14)17-15-7-5-6-11/h8-9H,5,7H2,1-4H3. The number of phosphoric acid groups is 1. The highest BCUT2D eigenvalue weighted by molar-refractivity contribution is 7.45. The lowest BCUT2D eigenvalue weighted by molar-refractivity contribution is -1.03. The number of halogens is 1. The van der Waals surface area contributed by atoms with E-state index < -0.39 is 12.0 Å². The summed E-state index contributed by atoms with van der Waals surface area (Å²) in [5, 5.41) is 8.24. The largest absolute Gasteiger partial charge is 0.751 e. The lowest BCUT2D eigenvalue weighted by atomic mass is 10.3. The minimum Gasteiger partial charge on any atom is -0.751 e. The molecule has 0 spiro atoms. The van der Waals surface area contributed by atoms with Crippen molar-refractivity contribution in [1.29, 1.82) is 5.26 Å². The highest BCUT2D eigenvalue weighted by Gasteiger charge is 2.41. The summed E-state index contributed by atoms with van der Waals surface area (Å²) in [4.78, 5) is 15.8. The maximum Gasteiger partial charge on any atom is 0.354 e. The van der Waals surface area contributed by atoms with Crippen LogP contribution in [0.4, 0.5) is 0 Å². The summed E-state index contributed by atoms with van der Waals surface area (Å²) in [5.74, 6) is 0. The number of rotatable bonds is 8. The van der Waals surface area contributed by atoms with Crippen molar-refractivity contribution in [3.05, 3.63) is 0 Å². The number of hydrogen-bond acceptors (Lipinski definition) is 6. The van der Waals surface area contributed by atoms with Crippen LogP contribution in [0.25, 0.3) is 0 Å². The van der Waals surface area contributed by atoms with Gasteiger partial charge >= 0.3 is 7.82 Å². The van der Waals surface area contributed by atoms with Crippen molar-refractivity contribution in [2.45, 2.75) is 46.2 Å². The number of hydrogen-bond donors (Lipinski definition) is 0. The predicted octanol–water partition coefficient (Wildman–Crippen LogP) is 2.04. The topological polar surface area (TPSA) is 91.6 Å². The molecule has 0 saturated heterocycles. The summed E-state index contributed by atoms with van der Waals surface area (Å²) in [6.45, 7) is 6.68. The lowest BCUT2D eigenvalue weighted by Gasteiger charge is -2.36. The number of nitriles is 1. The van der Waals surface area contributed by atoms with Crippen molar-refractivity contribution >= 4 is 19.6 Å². The fraction of sp³-hybridized carbons (Fsp3) is 0.889. The lowest BCUT2D eigenvalue weighted by Crippen LogP contribution is -2.49. The molecule has 1 atom stereocenters. The SMILES string of the molecule is CC(C)[N+](Cl)(OP(=O)([O-])OOCCC#N)C(C)C. The van der Waals surface area contributed by atoms with Crippen molar-refractivity contribution in [2.75, 3.05) is 6.61 Å². The minimum atomic E-state index is -4.70. The van der Waals surface area contributed by atoms with Crippen LogP contribution in [-0.4, -0.2) is 22.9 Å². The van der Waals surface area contributed by atoms with Gasteiger partial charge in [-0.1, -0.05) is 4.17 Å². The fourth-order valence-corrected chi connectivity index (χ4v) is 2.28. The van der Waals surface area contributed by atoms with Crippen LogP contribution in [-0.2, 0) is 18.8 Å². The smallest absolute Gasteiger partial charge is 0.354 e. The third-order valence-corrected chi connectivity index (χ3v) is 3.78. The Morgan fingerprint density at radius 1 is 1.39 bits per heavy atom. The number of quaternary nitrogens is 1. The van der Waals surface area contributed by atoms with Crippen LogP contribution in [0.15, 0.2) is 0 Å². The van der Waals surface area contributed by atoms with E-state index in [0.29, 0.717) is 0 Å². The zero-order chi connectivity index (χ0) is 14.4. The van der Waals surface area contributed by atoms with Crippen LogP contribution in [0, 0.1) is 11.3 Å². The van der Waals surface area contributed by atoms with Gasteiger partial charge in [0.15, 0.2) is 0 Å². The molecule has 18 heavy (non-hydrogen) atoms. The van der Waals surface area contributed by atoms with E-state index >= 15 is 0 Å². The summed E-state index contributed by atoms with van der Waals surface area (Å²) >= 11 is 6.09. The van der Waals surface area contributed by atoms with Gasteiger partial charge < -0.3 is 4.89 Å². The molecular weight excluding hydrogens is 283 g/mol. The molecule has 0 aliphatic rings. The van der Waals surface area contributed by atoms with Crippen LogP contribution in [0.5, 0.6) is 0 Å². The second kappa shape index (κ2) is 7.41. The molecular formula is C9H18ClN2O5P. The van der Waals surface area contributed by atoms with Gasteiger partial charge in [-0.2, -0.15) is 9.94 Å². The molecule has 0 rings (SSSR count). The second-order valence-electron chi connectivity index (χ2n) is 4.15. The Hall–Kier alpha value is -0.190. The molecule has 0 heterocycles. The van der Waals surface area contributed by atoms with Crippen LogP contribution < -0.4 is 4.89 Å².